The van der Waals surface area contributed by atoms with Crippen molar-refractivity contribution in [3.8, 4) is 0 Å². The number of allylic oxidation sites excluding steroid dienone is 4. The third kappa shape index (κ3) is 3.58. The second-order valence-electron chi connectivity index (χ2n) is 6.69. The molecule has 0 amide bonds. The highest BCUT2D eigenvalue weighted by Gasteiger charge is 2.12. The summed E-state index contributed by atoms with van der Waals surface area (Å²) < 4.78 is 0. The molecule has 1 aliphatic rings. The van der Waals surface area contributed by atoms with Gasteiger partial charge in [-0.2, -0.15) is 0 Å². The molecule has 0 heteroatoms. The van der Waals surface area contributed by atoms with Crippen molar-refractivity contribution in [2.75, 3.05) is 0 Å². The molecule has 0 aromatic heterocycles. The Morgan fingerprint density at radius 2 is 1.57 bits per heavy atom. The van der Waals surface area contributed by atoms with Crippen LogP contribution < -0.4 is 0 Å². The van der Waals surface area contributed by atoms with Gasteiger partial charge in [-0.05, 0) is 59.6 Å². The maximum atomic E-state index is 2.43. The average molecular weight is 304 g/mol. The van der Waals surface area contributed by atoms with Crippen molar-refractivity contribution < 1.29 is 0 Å². The molecule has 0 nitrogen and oxygen atoms in total. The lowest BCUT2D eigenvalue weighted by atomic mass is 9.93. The second kappa shape index (κ2) is 7.64. The number of aryl methyl sites for hydroxylation is 1. The molecule has 0 fully saturated rings. The van der Waals surface area contributed by atoms with Crippen LogP contribution in [0.5, 0.6) is 0 Å². The van der Waals surface area contributed by atoms with Gasteiger partial charge in [-0.15, -0.1) is 0 Å². The van der Waals surface area contributed by atoms with Gasteiger partial charge in [-0.3, -0.25) is 0 Å². The molecule has 0 radical (unpaired) electrons. The van der Waals surface area contributed by atoms with E-state index >= 15 is 0 Å². The van der Waals surface area contributed by atoms with Gasteiger partial charge in [0.1, 0.15) is 0 Å². The monoisotopic (exact) mass is 304 g/mol. The van der Waals surface area contributed by atoms with E-state index in [0.717, 1.165) is 6.42 Å². The summed E-state index contributed by atoms with van der Waals surface area (Å²) in [6.07, 6.45) is 13.5. The number of unbranched alkanes of at least 4 members (excludes halogenated alkanes) is 2. The summed E-state index contributed by atoms with van der Waals surface area (Å²) in [5.41, 5.74) is 5.93. The summed E-state index contributed by atoms with van der Waals surface area (Å²) in [4.78, 5) is 0. The predicted molar refractivity (Wildman–Crippen MR) is 103 cm³/mol. The Morgan fingerprint density at radius 3 is 2.35 bits per heavy atom. The van der Waals surface area contributed by atoms with E-state index in [1.54, 1.807) is 5.57 Å². The SMILES string of the molecule is CCCCC1=CC(c2ccc(CCCC)c3ccccc23)=CC1. The zero-order valence-corrected chi connectivity index (χ0v) is 14.6. The van der Waals surface area contributed by atoms with Crippen LogP contribution in [0.2, 0.25) is 0 Å². The van der Waals surface area contributed by atoms with Gasteiger partial charge < -0.3 is 0 Å². The summed E-state index contributed by atoms with van der Waals surface area (Å²) >= 11 is 0. The maximum Gasteiger partial charge on any atom is -0.0103 e. The van der Waals surface area contributed by atoms with E-state index in [2.05, 4.69) is 62.4 Å². The molecule has 3 rings (SSSR count). The van der Waals surface area contributed by atoms with Crippen molar-refractivity contribution in [1.29, 1.82) is 0 Å². The van der Waals surface area contributed by atoms with Crippen LogP contribution >= 0.6 is 0 Å². The largest absolute Gasteiger partial charge is 0.0726 e. The predicted octanol–water partition coefficient (Wildman–Crippen LogP) is 7.09. The normalized spacial score (nSPS) is 14.2. The van der Waals surface area contributed by atoms with E-state index in [1.807, 2.05) is 0 Å². The van der Waals surface area contributed by atoms with E-state index in [1.165, 1.54) is 66.0 Å². The summed E-state index contributed by atoms with van der Waals surface area (Å²) in [6, 6.07) is 13.6. The average Bonchev–Trinajstić information content (AvgIpc) is 3.06. The van der Waals surface area contributed by atoms with Crippen LogP contribution in [0.1, 0.15) is 63.5 Å². The van der Waals surface area contributed by atoms with E-state index in [0.29, 0.717) is 0 Å². The van der Waals surface area contributed by atoms with Crippen molar-refractivity contribution in [3.63, 3.8) is 0 Å². The Kier molecular flexibility index (Phi) is 5.33. The number of hydrogen-bond donors (Lipinski definition) is 0. The first-order valence-electron chi connectivity index (χ1n) is 9.24. The quantitative estimate of drug-likeness (QED) is 0.512. The Bertz CT molecular complexity index is 731. The zero-order valence-electron chi connectivity index (χ0n) is 14.6. The highest BCUT2D eigenvalue weighted by Crippen LogP contribution is 2.34. The highest BCUT2D eigenvalue weighted by atomic mass is 14.2. The molecule has 1 aliphatic carbocycles. The number of rotatable bonds is 7. The second-order valence-corrected chi connectivity index (χ2v) is 6.69. The molecule has 0 unspecified atom stereocenters. The molecule has 0 atom stereocenters. The van der Waals surface area contributed by atoms with Crippen LogP contribution in [0.15, 0.2) is 54.1 Å². The Morgan fingerprint density at radius 1 is 0.826 bits per heavy atom. The fourth-order valence-electron chi connectivity index (χ4n) is 3.54. The third-order valence-corrected chi connectivity index (χ3v) is 4.92. The Balaban J connectivity index is 1.95. The molecule has 2 aromatic rings. The fraction of sp³-hybridized carbons (Fsp3) is 0.391. The number of hydrogen-bond acceptors (Lipinski definition) is 0. The summed E-state index contributed by atoms with van der Waals surface area (Å²) in [5.74, 6) is 0. The minimum absolute atomic E-state index is 1.14. The van der Waals surface area contributed by atoms with E-state index in [9.17, 15) is 0 Å². The van der Waals surface area contributed by atoms with Gasteiger partial charge in [0.2, 0.25) is 0 Å². The lowest BCUT2D eigenvalue weighted by Gasteiger charge is -2.11. The smallest absolute Gasteiger partial charge is 0.0103 e. The van der Waals surface area contributed by atoms with Crippen LogP contribution in [0.3, 0.4) is 0 Å². The number of fused-ring (bicyclic) bond motifs is 1. The molecule has 0 spiro atoms. The Hall–Kier alpha value is -1.82. The molecule has 0 saturated heterocycles. The third-order valence-electron chi connectivity index (χ3n) is 4.92. The van der Waals surface area contributed by atoms with Gasteiger partial charge in [0.25, 0.3) is 0 Å². The lowest BCUT2D eigenvalue weighted by Crippen LogP contribution is -1.91. The summed E-state index contributed by atoms with van der Waals surface area (Å²) in [6.45, 7) is 4.54. The molecule has 0 aliphatic heterocycles. The van der Waals surface area contributed by atoms with Crippen molar-refractivity contribution >= 4 is 16.3 Å². The summed E-state index contributed by atoms with van der Waals surface area (Å²) in [7, 11) is 0. The first-order chi connectivity index (χ1) is 11.3. The highest BCUT2D eigenvalue weighted by molar-refractivity contribution is 5.98. The zero-order chi connectivity index (χ0) is 16.1. The molecule has 0 heterocycles. The van der Waals surface area contributed by atoms with Crippen molar-refractivity contribution in [1.82, 2.24) is 0 Å². The van der Waals surface area contributed by atoms with Crippen LogP contribution in [-0.2, 0) is 6.42 Å². The van der Waals surface area contributed by atoms with Gasteiger partial charge in [-0.25, -0.2) is 0 Å². The van der Waals surface area contributed by atoms with Crippen LogP contribution in [0, 0.1) is 0 Å². The Labute approximate surface area is 140 Å². The summed E-state index contributed by atoms with van der Waals surface area (Å²) in [5, 5.41) is 2.86. The minimum atomic E-state index is 1.14. The van der Waals surface area contributed by atoms with E-state index in [-0.39, 0.29) is 0 Å². The molecular weight excluding hydrogens is 276 g/mol. The van der Waals surface area contributed by atoms with E-state index < -0.39 is 0 Å². The molecule has 0 saturated carbocycles. The molecule has 0 N–H and O–H groups in total. The topological polar surface area (TPSA) is 0 Å². The molecule has 120 valence electrons. The molecule has 23 heavy (non-hydrogen) atoms. The van der Waals surface area contributed by atoms with Crippen molar-refractivity contribution in [3.05, 3.63) is 65.3 Å². The van der Waals surface area contributed by atoms with Crippen molar-refractivity contribution in [2.24, 2.45) is 0 Å². The van der Waals surface area contributed by atoms with Gasteiger partial charge >= 0.3 is 0 Å². The standard InChI is InChI=1S/C23H28/c1-3-5-9-18-13-14-20(17-18)22-16-15-19(10-6-4-2)21-11-7-8-12-23(21)22/h7-8,11-12,14-17H,3-6,9-10,13H2,1-2H3. The van der Waals surface area contributed by atoms with Gasteiger partial charge in [0.15, 0.2) is 0 Å². The van der Waals surface area contributed by atoms with E-state index in [4.69, 9.17) is 0 Å². The van der Waals surface area contributed by atoms with Gasteiger partial charge in [0, 0.05) is 0 Å². The van der Waals surface area contributed by atoms with Crippen LogP contribution in [-0.4, -0.2) is 0 Å². The van der Waals surface area contributed by atoms with Crippen molar-refractivity contribution in [2.45, 2.75) is 58.8 Å². The first kappa shape index (κ1) is 16.1. The van der Waals surface area contributed by atoms with Gasteiger partial charge in [0.05, 0.1) is 0 Å². The first-order valence-corrected chi connectivity index (χ1v) is 9.24. The molecule has 0 bridgehead atoms. The number of benzene rings is 2. The minimum Gasteiger partial charge on any atom is -0.0726 e. The maximum absolute atomic E-state index is 2.43. The van der Waals surface area contributed by atoms with Gasteiger partial charge in [-0.1, -0.05) is 80.8 Å². The van der Waals surface area contributed by atoms with Crippen LogP contribution in [0.4, 0.5) is 0 Å². The molecular formula is C23H28. The lowest BCUT2D eigenvalue weighted by molar-refractivity contribution is 0.779. The van der Waals surface area contributed by atoms with Crippen LogP contribution in [0.25, 0.3) is 16.3 Å². The fourth-order valence-corrected chi connectivity index (χ4v) is 3.54. The molecule has 2 aromatic carbocycles.